The third-order valence-electron chi connectivity index (χ3n) is 2.02. The lowest BCUT2D eigenvalue weighted by Crippen LogP contribution is -2.12. The van der Waals surface area contributed by atoms with Crippen molar-refractivity contribution in [3.63, 3.8) is 0 Å². The normalized spacial score (nSPS) is 10.6. The van der Waals surface area contributed by atoms with Crippen LogP contribution in [-0.2, 0) is 13.1 Å². The van der Waals surface area contributed by atoms with Crippen molar-refractivity contribution in [2.45, 2.75) is 13.1 Å². The number of rotatable bonds is 4. The minimum Gasteiger partial charge on any atom is -0.306 e. The molecule has 0 saturated heterocycles. The quantitative estimate of drug-likeness (QED) is 0.926. The highest BCUT2D eigenvalue weighted by Crippen LogP contribution is 2.21. The molecule has 0 bridgehead atoms. The molecule has 2 aromatic rings. The van der Waals surface area contributed by atoms with Crippen molar-refractivity contribution in [2.24, 2.45) is 0 Å². The number of hydrogen-bond acceptors (Lipinski definition) is 3. The van der Waals surface area contributed by atoms with Gasteiger partial charge in [-0.1, -0.05) is 11.6 Å². The zero-order chi connectivity index (χ0) is 11.4. The molecule has 0 radical (unpaired) electrons. The molecule has 0 amide bonds. The van der Waals surface area contributed by atoms with Crippen LogP contribution >= 0.6 is 38.9 Å². The predicted octanol–water partition coefficient (Wildman–Crippen LogP) is 3.85. The fourth-order valence-corrected chi connectivity index (χ4v) is 2.56. The lowest BCUT2D eigenvalue weighted by atomic mass is 10.3. The summed E-state index contributed by atoms with van der Waals surface area (Å²) in [5.74, 6) is 0. The van der Waals surface area contributed by atoms with E-state index in [0.29, 0.717) is 0 Å². The number of hydrogen-bond donors (Lipinski definition) is 1. The van der Waals surface area contributed by atoms with E-state index < -0.39 is 0 Å². The van der Waals surface area contributed by atoms with Crippen LogP contribution in [0.25, 0.3) is 0 Å². The van der Waals surface area contributed by atoms with Crippen molar-refractivity contribution in [1.82, 2.24) is 10.3 Å². The molecular formula is C11H10BrClN2S. The van der Waals surface area contributed by atoms with E-state index in [1.54, 1.807) is 17.5 Å². The highest BCUT2D eigenvalue weighted by molar-refractivity contribution is 9.10. The lowest BCUT2D eigenvalue weighted by molar-refractivity contribution is 0.686. The monoisotopic (exact) mass is 316 g/mol. The van der Waals surface area contributed by atoms with Crippen LogP contribution in [0.3, 0.4) is 0 Å². The van der Waals surface area contributed by atoms with Crippen LogP contribution < -0.4 is 5.32 Å². The van der Waals surface area contributed by atoms with Crippen LogP contribution in [0, 0.1) is 0 Å². The molecule has 0 fully saturated rings. The van der Waals surface area contributed by atoms with Gasteiger partial charge in [-0.2, -0.15) is 0 Å². The fourth-order valence-electron chi connectivity index (χ4n) is 1.27. The van der Waals surface area contributed by atoms with Gasteiger partial charge in [0, 0.05) is 28.6 Å². The molecule has 0 aliphatic rings. The number of thiophene rings is 1. The van der Waals surface area contributed by atoms with E-state index in [-0.39, 0.29) is 0 Å². The molecule has 16 heavy (non-hydrogen) atoms. The van der Waals surface area contributed by atoms with Crippen LogP contribution in [0.2, 0.25) is 4.34 Å². The Balaban J connectivity index is 1.82. The van der Waals surface area contributed by atoms with Crippen molar-refractivity contribution < 1.29 is 0 Å². The molecule has 0 unspecified atom stereocenters. The molecule has 0 aliphatic heterocycles. The van der Waals surface area contributed by atoms with E-state index in [1.807, 2.05) is 24.3 Å². The van der Waals surface area contributed by atoms with Gasteiger partial charge in [0.2, 0.25) is 0 Å². The SMILES string of the molecule is Clc1ccc(CNCc2ccc(Br)cn2)s1. The second-order valence-corrected chi connectivity index (χ2v) is 5.99. The third-order valence-corrected chi connectivity index (χ3v) is 3.72. The Morgan fingerprint density at radius 3 is 2.75 bits per heavy atom. The van der Waals surface area contributed by atoms with Crippen LogP contribution in [0.4, 0.5) is 0 Å². The third kappa shape index (κ3) is 3.56. The highest BCUT2D eigenvalue weighted by Gasteiger charge is 1.98. The molecule has 84 valence electrons. The Bertz CT molecular complexity index is 455. The first-order valence-corrected chi connectivity index (χ1v) is 6.78. The van der Waals surface area contributed by atoms with Gasteiger partial charge in [0.05, 0.1) is 10.0 Å². The van der Waals surface area contributed by atoms with Gasteiger partial charge < -0.3 is 5.32 Å². The molecule has 2 aromatic heterocycles. The van der Waals surface area contributed by atoms with Crippen molar-refractivity contribution in [3.8, 4) is 0 Å². The Labute approximate surface area is 112 Å². The molecule has 0 aromatic carbocycles. The summed E-state index contributed by atoms with van der Waals surface area (Å²) in [4.78, 5) is 5.52. The van der Waals surface area contributed by atoms with E-state index in [9.17, 15) is 0 Å². The molecule has 5 heteroatoms. The molecule has 2 rings (SSSR count). The van der Waals surface area contributed by atoms with Gasteiger partial charge in [-0.25, -0.2) is 0 Å². The average molecular weight is 318 g/mol. The molecular weight excluding hydrogens is 308 g/mol. The molecule has 2 nitrogen and oxygen atoms in total. The standard InChI is InChI=1S/C11H10BrClN2S/c12-8-1-2-9(15-5-8)6-14-7-10-3-4-11(13)16-10/h1-5,14H,6-7H2. The van der Waals surface area contributed by atoms with Crippen molar-refractivity contribution in [1.29, 1.82) is 0 Å². The summed E-state index contributed by atoms with van der Waals surface area (Å²) in [6, 6.07) is 7.95. The van der Waals surface area contributed by atoms with E-state index in [0.717, 1.165) is 27.6 Å². The summed E-state index contributed by atoms with van der Waals surface area (Å²) in [5.41, 5.74) is 1.03. The first kappa shape index (κ1) is 12.0. The smallest absolute Gasteiger partial charge is 0.0931 e. The number of nitrogens with zero attached hydrogens (tertiary/aromatic N) is 1. The van der Waals surface area contributed by atoms with Crippen LogP contribution in [0.1, 0.15) is 10.6 Å². The number of nitrogens with one attached hydrogen (secondary N) is 1. The highest BCUT2D eigenvalue weighted by atomic mass is 79.9. The van der Waals surface area contributed by atoms with Crippen molar-refractivity contribution in [3.05, 3.63) is 49.8 Å². The van der Waals surface area contributed by atoms with Gasteiger partial charge in [0.15, 0.2) is 0 Å². The summed E-state index contributed by atoms with van der Waals surface area (Å²) in [5, 5.41) is 3.32. The predicted molar refractivity (Wildman–Crippen MR) is 71.8 cm³/mol. The second kappa shape index (κ2) is 5.77. The molecule has 2 heterocycles. The molecule has 0 atom stereocenters. The zero-order valence-electron chi connectivity index (χ0n) is 8.41. The largest absolute Gasteiger partial charge is 0.306 e. The maximum atomic E-state index is 5.85. The number of pyridine rings is 1. The Morgan fingerprint density at radius 1 is 1.25 bits per heavy atom. The summed E-state index contributed by atoms with van der Waals surface area (Å²) >= 11 is 10.8. The first-order valence-electron chi connectivity index (χ1n) is 4.79. The summed E-state index contributed by atoms with van der Waals surface area (Å²) in [7, 11) is 0. The van der Waals surface area contributed by atoms with E-state index >= 15 is 0 Å². The summed E-state index contributed by atoms with van der Waals surface area (Å²) < 4.78 is 1.83. The van der Waals surface area contributed by atoms with Crippen LogP contribution in [-0.4, -0.2) is 4.98 Å². The van der Waals surface area contributed by atoms with Crippen molar-refractivity contribution >= 4 is 38.9 Å². The topological polar surface area (TPSA) is 24.9 Å². The minimum atomic E-state index is 0.767. The van der Waals surface area contributed by atoms with E-state index in [4.69, 9.17) is 11.6 Å². The van der Waals surface area contributed by atoms with E-state index in [2.05, 4.69) is 26.2 Å². The van der Waals surface area contributed by atoms with E-state index in [1.165, 1.54) is 4.88 Å². The van der Waals surface area contributed by atoms with Gasteiger partial charge >= 0.3 is 0 Å². The van der Waals surface area contributed by atoms with Gasteiger partial charge in [0.25, 0.3) is 0 Å². The summed E-state index contributed by atoms with van der Waals surface area (Å²) in [6.45, 7) is 1.60. The Kier molecular flexibility index (Phi) is 4.35. The Hall–Kier alpha value is -0.420. The van der Waals surface area contributed by atoms with Gasteiger partial charge in [-0.15, -0.1) is 11.3 Å². The number of halogens is 2. The summed E-state index contributed by atoms with van der Waals surface area (Å²) in [6.07, 6.45) is 1.80. The first-order chi connectivity index (χ1) is 7.74. The Morgan fingerprint density at radius 2 is 2.12 bits per heavy atom. The van der Waals surface area contributed by atoms with Crippen LogP contribution in [0.5, 0.6) is 0 Å². The zero-order valence-corrected chi connectivity index (χ0v) is 11.6. The van der Waals surface area contributed by atoms with Crippen LogP contribution in [0.15, 0.2) is 34.9 Å². The van der Waals surface area contributed by atoms with Gasteiger partial charge in [-0.3, -0.25) is 4.98 Å². The second-order valence-electron chi connectivity index (χ2n) is 3.28. The van der Waals surface area contributed by atoms with Crippen molar-refractivity contribution in [2.75, 3.05) is 0 Å². The average Bonchev–Trinajstić information content (AvgIpc) is 2.67. The lowest BCUT2D eigenvalue weighted by Gasteiger charge is -2.02. The maximum Gasteiger partial charge on any atom is 0.0931 e. The molecule has 0 spiro atoms. The maximum absolute atomic E-state index is 5.85. The molecule has 0 saturated carbocycles. The fraction of sp³-hybridized carbons (Fsp3) is 0.182. The minimum absolute atomic E-state index is 0.767. The number of aromatic nitrogens is 1. The van der Waals surface area contributed by atoms with Gasteiger partial charge in [0.1, 0.15) is 0 Å². The van der Waals surface area contributed by atoms with Gasteiger partial charge in [-0.05, 0) is 40.2 Å². The molecule has 1 N–H and O–H groups in total. The molecule has 0 aliphatic carbocycles.